The predicted molar refractivity (Wildman–Crippen MR) is 104 cm³/mol. The number of rotatable bonds is 6. The van der Waals surface area contributed by atoms with Crippen molar-refractivity contribution in [2.24, 2.45) is 0 Å². The van der Waals surface area contributed by atoms with E-state index in [-0.39, 0.29) is 0 Å². The number of nitrogens with one attached hydrogen (secondary N) is 1. The van der Waals surface area contributed by atoms with Gasteiger partial charge in [0, 0.05) is 24.2 Å². The van der Waals surface area contributed by atoms with Gasteiger partial charge >= 0.3 is 0 Å². The van der Waals surface area contributed by atoms with Gasteiger partial charge in [-0.05, 0) is 67.4 Å². The first-order valence-electron chi connectivity index (χ1n) is 7.50. The Bertz CT molecular complexity index is 626. The fourth-order valence-electron chi connectivity index (χ4n) is 2.10. The summed E-state index contributed by atoms with van der Waals surface area (Å²) in [5.74, 6) is 0.867. The Kier molecular flexibility index (Phi) is 6.74. The minimum Gasteiger partial charge on any atom is -0.494 e. The molecule has 0 bridgehead atoms. The molecule has 2 aromatic rings. The lowest BCUT2D eigenvalue weighted by Gasteiger charge is -2.21. The Hall–Kier alpha value is -1.72. The number of ether oxygens (including phenoxy) is 1. The fourth-order valence-corrected chi connectivity index (χ4v) is 2.69. The van der Waals surface area contributed by atoms with Crippen LogP contribution in [0.3, 0.4) is 0 Å². The van der Waals surface area contributed by atoms with E-state index in [1.165, 1.54) is 10.5 Å². The third kappa shape index (κ3) is 5.44. The lowest BCUT2D eigenvalue weighted by molar-refractivity contribution is 0.340. The molecule has 0 saturated heterocycles. The van der Waals surface area contributed by atoms with Crippen LogP contribution >= 0.6 is 24.0 Å². The van der Waals surface area contributed by atoms with Crippen molar-refractivity contribution >= 4 is 34.8 Å². The van der Waals surface area contributed by atoms with E-state index in [9.17, 15) is 0 Å². The van der Waals surface area contributed by atoms with Gasteiger partial charge in [-0.15, -0.1) is 11.8 Å². The van der Waals surface area contributed by atoms with Crippen molar-refractivity contribution < 1.29 is 4.74 Å². The van der Waals surface area contributed by atoms with Gasteiger partial charge in [0.2, 0.25) is 0 Å². The van der Waals surface area contributed by atoms with Crippen LogP contribution in [0.25, 0.3) is 0 Å². The zero-order valence-electron chi connectivity index (χ0n) is 13.7. The highest BCUT2D eigenvalue weighted by Gasteiger charge is 2.06. The van der Waals surface area contributed by atoms with Crippen molar-refractivity contribution in [3.05, 3.63) is 54.1 Å². The molecular formula is C18H22N2OS2. The van der Waals surface area contributed by atoms with Gasteiger partial charge in [-0.2, -0.15) is 0 Å². The smallest absolute Gasteiger partial charge is 0.173 e. The second-order valence-corrected chi connectivity index (χ2v) is 6.36. The number of nitrogens with zero attached hydrogens (tertiary/aromatic N) is 1. The first kappa shape index (κ1) is 17.6. The summed E-state index contributed by atoms with van der Waals surface area (Å²) in [7, 11) is 1.99. The second-order valence-electron chi connectivity index (χ2n) is 5.09. The molecule has 2 aromatic carbocycles. The number of thioether (sulfide) groups is 1. The molecule has 0 unspecified atom stereocenters. The van der Waals surface area contributed by atoms with E-state index in [0.29, 0.717) is 11.7 Å². The number of anilines is 1. The maximum Gasteiger partial charge on any atom is 0.173 e. The quantitative estimate of drug-likeness (QED) is 0.607. The molecule has 0 atom stereocenters. The maximum absolute atomic E-state index is 5.47. The molecular weight excluding hydrogens is 324 g/mol. The van der Waals surface area contributed by atoms with Crippen LogP contribution in [0, 0.1) is 0 Å². The molecule has 0 aliphatic carbocycles. The largest absolute Gasteiger partial charge is 0.494 e. The molecule has 0 aliphatic rings. The monoisotopic (exact) mass is 346 g/mol. The van der Waals surface area contributed by atoms with Gasteiger partial charge in [-0.3, -0.25) is 0 Å². The Morgan fingerprint density at radius 2 is 1.78 bits per heavy atom. The summed E-state index contributed by atoms with van der Waals surface area (Å²) in [6.45, 7) is 3.42. The minimum absolute atomic E-state index is 0.670. The molecule has 0 fully saturated rings. The van der Waals surface area contributed by atoms with E-state index in [1.807, 2.05) is 43.1 Å². The maximum atomic E-state index is 5.47. The normalized spacial score (nSPS) is 10.2. The Balaban J connectivity index is 1.90. The predicted octanol–water partition coefficient (Wildman–Crippen LogP) is 4.64. The fraction of sp³-hybridized carbons (Fsp3) is 0.278. The van der Waals surface area contributed by atoms with Crippen molar-refractivity contribution in [3.63, 3.8) is 0 Å². The molecule has 122 valence electrons. The van der Waals surface area contributed by atoms with Gasteiger partial charge in [-0.1, -0.05) is 12.1 Å². The van der Waals surface area contributed by atoms with Crippen molar-refractivity contribution in [2.75, 3.05) is 25.2 Å². The zero-order chi connectivity index (χ0) is 16.7. The second kappa shape index (κ2) is 8.79. The highest BCUT2D eigenvalue weighted by molar-refractivity contribution is 7.98. The molecule has 0 saturated carbocycles. The van der Waals surface area contributed by atoms with Crippen LogP contribution in [-0.4, -0.2) is 29.9 Å². The third-order valence-corrected chi connectivity index (χ3v) is 4.50. The van der Waals surface area contributed by atoms with Crippen LogP contribution in [0.1, 0.15) is 12.5 Å². The van der Waals surface area contributed by atoms with Gasteiger partial charge in [0.1, 0.15) is 5.75 Å². The van der Waals surface area contributed by atoms with Crippen LogP contribution in [-0.2, 0) is 6.54 Å². The Morgan fingerprint density at radius 1 is 1.13 bits per heavy atom. The van der Waals surface area contributed by atoms with Gasteiger partial charge in [0.15, 0.2) is 5.11 Å². The topological polar surface area (TPSA) is 24.5 Å². The lowest BCUT2D eigenvalue weighted by atomic mass is 10.2. The van der Waals surface area contributed by atoms with E-state index < -0.39 is 0 Å². The molecule has 0 amide bonds. The Morgan fingerprint density at radius 3 is 2.35 bits per heavy atom. The van der Waals surface area contributed by atoms with E-state index in [2.05, 4.69) is 35.8 Å². The number of benzene rings is 2. The zero-order valence-corrected chi connectivity index (χ0v) is 15.3. The molecule has 3 nitrogen and oxygen atoms in total. The molecule has 0 heterocycles. The molecule has 0 aromatic heterocycles. The molecule has 2 rings (SSSR count). The van der Waals surface area contributed by atoms with Crippen molar-refractivity contribution in [1.29, 1.82) is 0 Å². The summed E-state index contributed by atoms with van der Waals surface area (Å²) >= 11 is 7.22. The van der Waals surface area contributed by atoms with Gasteiger partial charge < -0.3 is 15.0 Å². The highest BCUT2D eigenvalue weighted by atomic mass is 32.2. The summed E-state index contributed by atoms with van der Waals surface area (Å²) in [6, 6.07) is 16.4. The van der Waals surface area contributed by atoms with Gasteiger partial charge in [0.05, 0.1) is 6.61 Å². The average molecular weight is 347 g/mol. The summed E-state index contributed by atoms with van der Waals surface area (Å²) in [6.07, 6.45) is 2.08. The number of hydrogen-bond donors (Lipinski definition) is 1. The summed E-state index contributed by atoms with van der Waals surface area (Å²) in [5.41, 5.74) is 2.20. The SMILES string of the molecule is CCOc1ccc(NC(=S)N(C)Cc2ccc(SC)cc2)cc1. The van der Waals surface area contributed by atoms with Gasteiger partial charge in [-0.25, -0.2) is 0 Å². The molecule has 5 heteroatoms. The van der Waals surface area contributed by atoms with Gasteiger partial charge in [0.25, 0.3) is 0 Å². The molecule has 0 spiro atoms. The lowest BCUT2D eigenvalue weighted by Crippen LogP contribution is -2.30. The Labute approximate surface area is 148 Å². The summed E-state index contributed by atoms with van der Waals surface area (Å²) < 4.78 is 5.44. The third-order valence-electron chi connectivity index (χ3n) is 3.34. The first-order valence-corrected chi connectivity index (χ1v) is 9.13. The highest BCUT2D eigenvalue weighted by Crippen LogP contribution is 2.17. The first-order chi connectivity index (χ1) is 11.1. The van der Waals surface area contributed by atoms with E-state index in [0.717, 1.165) is 18.0 Å². The standard InChI is InChI=1S/C18H22N2OS2/c1-4-21-16-9-7-15(8-10-16)19-18(22)20(2)13-14-5-11-17(23-3)12-6-14/h5-12H,4,13H2,1-3H3,(H,19,22). The van der Waals surface area contributed by atoms with Crippen LogP contribution in [0.4, 0.5) is 5.69 Å². The van der Waals surface area contributed by atoms with Crippen molar-refractivity contribution in [1.82, 2.24) is 4.90 Å². The number of thiocarbonyl (C=S) groups is 1. The van der Waals surface area contributed by atoms with E-state index >= 15 is 0 Å². The number of hydrogen-bond acceptors (Lipinski definition) is 3. The van der Waals surface area contributed by atoms with Crippen LogP contribution in [0.15, 0.2) is 53.4 Å². The molecule has 0 aliphatic heterocycles. The minimum atomic E-state index is 0.670. The van der Waals surface area contributed by atoms with Crippen molar-refractivity contribution in [2.45, 2.75) is 18.4 Å². The van der Waals surface area contributed by atoms with Crippen LogP contribution < -0.4 is 10.1 Å². The van der Waals surface area contributed by atoms with Crippen LogP contribution in [0.2, 0.25) is 0 Å². The molecule has 1 N–H and O–H groups in total. The summed E-state index contributed by atoms with van der Waals surface area (Å²) in [4.78, 5) is 3.30. The van der Waals surface area contributed by atoms with E-state index in [1.54, 1.807) is 11.8 Å². The van der Waals surface area contributed by atoms with Crippen molar-refractivity contribution in [3.8, 4) is 5.75 Å². The molecule has 0 radical (unpaired) electrons. The average Bonchev–Trinajstić information content (AvgIpc) is 2.57. The summed E-state index contributed by atoms with van der Waals surface area (Å²) in [5, 5.41) is 3.95. The van der Waals surface area contributed by atoms with Crippen LogP contribution in [0.5, 0.6) is 5.75 Å². The molecule has 23 heavy (non-hydrogen) atoms. The van der Waals surface area contributed by atoms with E-state index in [4.69, 9.17) is 17.0 Å².